The molecule has 1 saturated heterocycles. The van der Waals surface area contributed by atoms with Gasteiger partial charge in [0.2, 0.25) is 10.0 Å². The fourth-order valence-corrected chi connectivity index (χ4v) is 3.87. The standard InChI is InChI=1S/C13H20ClN3O2S/c1-10(2)16-5-7-17(8-6-16)20(18,19)11-3-4-12(14)13(15)9-11/h3-4,9-10H,5-8,15H2,1-2H3. The molecule has 1 aromatic carbocycles. The van der Waals surface area contributed by atoms with Gasteiger partial charge in [-0.1, -0.05) is 11.6 Å². The van der Waals surface area contributed by atoms with Gasteiger partial charge in [0.05, 0.1) is 15.6 Å². The number of anilines is 1. The molecule has 0 unspecified atom stereocenters. The van der Waals surface area contributed by atoms with Crippen molar-refractivity contribution in [2.24, 2.45) is 0 Å². The van der Waals surface area contributed by atoms with E-state index in [1.165, 1.54) is 22.5 Å². The molecule has 5 nitrogen and oxygen atoms in total. The number of sulfonamides is 1. The van der Waals surface area contributed by atoms with Crippen molar-refractivity contribution in [1.29, 1.82) is 0 Å². The highest BCUT2D eigenvalue weighted by Gasteiger charge is 2.29. The van der Waals surface area contributed by atoms with Crippen LogP contribution in [0.2, 0.25) is 5.02 Å². The first-order valence-corrected chi connectivity index (χ1v) is 8.43. The molecule has 0 atom stereocenters. The smallest absolute Gasteiger partial charge is 0.243 e. The van der Waals surface area contributed by atoms with Crippen LogP contribution in [0.4, 0.5) is 5.69 Å². The Labute approximate surface area is 125 Å². The van der Waals surface area contributed by atoms with Crippen LogP contribution < -0.4 is 5.73 Å². The van der Waals surface area contributed by atoms with Crippen LogP contribution in [-0.4, -0.2) is 49.8 Å². The Morgan fingerprint density at radius 3 is 2.30 bits per heavy atom. The number of nitrogens with two attached hydrogens (primary N) is 1. The average Bonchev–Trinajstić information content (AvgIpc) is 2.41. The minimum atomic E-state index is -3.48. The summed E-state index contributed by atoms with van der Waals surface area (Å²) >= 11 is 5.83. The van der Waals surface area contributed by atoms with E-state index < -0.39 is 10.0 Å². The van der Waals surface area contributed by atoms with E-state index in [-0.39, 0.29) is 10.6 Å². The Balaban J connectivity index is 2.17. The van der Waals surface area contributed by atoms with Crippen molar-refractivity contribution < 1.29 is 8.42 Å². The Morgan fingerprint density at radius 2 is 1.80 bits per heavy atom. The van der Waals surface area contributed by atoms with Crippen LogP contribution in [0.1, 0.15) is 13.8 Å². The fraction of sp³-hybridized carbons (Fsp3) is 0.538. The average molecular weight is 318 g/mol. The van der Waals surface area contributed by atoms with E-state index in [1.807, 2.05) is 0 Å². The van der Waals surface area contributed by atoms with Gasteiger partial charge in [-0.15, -0.1) is 0 Å². The molecule has 0 spiro atoms. The first-order valence-electron chi connectivity index (χ1n) is 6.61. The zero-order chi connectivity index (χ0) is 14.9. The summed E-state index contributed by atoms with van der Waals surface area (Å²) in [5.41, 5.74) is 5.97. The minimum absolute atomic E-state index is 0.206. The summed E-state index contributed by atoms with van der Waals surface area (Å²) in [6.07, 6.45) is 0. The zero-order valence-corrected chi connectivity index (χ0v) is 13.3. The normalized spacial score (nSPS) is 18.6. The van der Waals surface area contributed by atoms with Crippen molar-refractivity contribution in [3.8, 4) is 0 Å². The lowest BCUT2D eigenvalue weighted by Crippen LogP contribution is -2.50. The molecule has 0 radical (unpaired) electrons. The van der Waals surface area contributed by atoms with Crippen LogP contribution in [0.15, 0.2) is 23.1 Å². The van der Waals surface area contributed by atoms with Crippen molar-refractivity contribution >= 4 is 27.3 Å². The largest absolute Gasteiger partial charge is 0.397 e. The maximum atomic E-state index is 12.5. The highest BCUT2D eigenvalue weighted by molar-refractivity contribution is 7.89. The van der Waals surface area contributed by atoms with Gasteiger partial charge in [-0.05, 0) is 32.0 Å². The Morgan fingerprint density at radius 1 is 1.20 bits per heavy atom. The number of piperazine rings is 1. The number of nitrogens with zero attached hydrogens (tertiary/aromatic N) is 2. The van der Waals surface area contributed by atoms with Crippen molar-refractivity contribution in [2.45, 2.75) is 24.8 Å². The number of benzene rings is 1. The SMILES string of the molecule is CC(C)N1CCN(S(=O)(=O)c2ccc(Cl)c(N)c2)CC1. The topological polar surface area (TPSA) is 66.6 Å². The molecular weight excluding hydrogens is 298 g/mol. The lowest BCUT2D eigenvalue weighted by atomic mass is 10.3. The summed E-state index contributed by atoms with van der Waals surface area (Å²) < 4.78 is 26.6. The molecule has 1 aromatic rings. The van der Waals surface area contributed by atoms with Crippen molar-refractivity contribution in [3.63, 3.8) is 0 Å². The summed E-state index contributed by atoms with van der Waals surface area (Å²) in [5.74, 6) is 0. The molecule has 1 heterocycles. The summed E-state index contributed by atoms with van der Waals surface area (Å²) in [4.78, 5) is 2.47. The number of nitrogen functional groups attached to an aromatic ring is 1. The maximum absolute atomic E-state index is 12.5. The molecule has 2 N–H and O–H groups in total. The van der Waals surface area contributed by atoms with E-state index >= 15 is 0 Å². The molecule has 1 aliphatic rings. The predicted molar refractivity (Wildman–Crippen MR) is 81.3 cm³/mol. The van der Waals surface area contributed by atoms with Crippen LogP contribution in [-0.2, 0) is 10.0 Å². The third-order valence-electron chi connectivity index (χ3n) is 3.61. The van der Waals surface area contributed by atoms with E-state index in [2.05, 4.69) is 18.7 Å². The molecule has 112 valence electrons. The van der Waals surface area contributed by atoms with E-state index in [0.717, 1.165) is 13.1 Å². The quantitative estimate of drug-likeness (QED) is 0.861. The summed E-state index contributed by atoms with van der Waals surface area (Å²) in [6.45, 7) is 6.74. The molecular formula is C13H20ClN3O2S. The van der Waals surface area contributed by atoms with E-state index in [9.17, 15) is 8.42 Å². The molecule has 0 aliphatic carbocycles. The lowest BCUT2D eigenvalue weighted by Gasteiger charge is -2.36. The number of hydrogen-bond acceptors (Lipinski definition) is 4. The van der Waals surface area contributed by atoms with Crippen LogP contribution in [0.3, 0.4) is 0 Å². The van der Waals surface area contributed by atoms with Crippen molar-refractivity contribution in [2.75, 3.05) is 31.9 Å². The highest BCUT2D eigenvalue weighted by atomic mass is 35.5. The fourth-order valence-electron chi connectivity index (χ4n) is 2.29. The third kappa shape index (κ3) is 3.09. The lowest BCUT2D eigenvalue weighted by molar-refractivity contribution is 0.154. The Kier molecular flexibility index (Phi) is 4.59. The highest BCUT2D eigenvalue weighted by Crippen LogP contribution is 2.25. The van der Waals surface area contributed by atoms with Gasteiger partial charge in [0.15, 0.2) is 0 Å². The molecule has 20 heavy (non-hydrogen) atoms. The first-order chi connectivity index (χ1) is 9.32. The first kappa shape index (κ1) is 15.6. The van der Waals surface area contributed by atoms with Gasteiger partial charge in [0.1, 0.15) is 0 Å². The second-order valence-electron chi connectivity index (χ2n) is 5.22. The van der Waals surface area contributed by atoms with Gasteiger partial charge in [-0.25, -0.2) is 8.42 Å². The summed E-state index contributed by atoms with van der Waals surface area (Å²) in [7, 11) is -3.48. The third-order valence-corrected chi connectivity index (χ3v) is 5.85. The molecule has 1 fully saturated rings. The van der Waals surface area contributed by atoms with Crippen LogP contribution in [0.5, 0.6) is 0 Å². The van der Waals surface area contributed by atoms with E-state index in [1.54, 1.807) is 0 Å². The number of hydrogen-bond donors (Lipinski definition) is 1. The van der Waals surface area contributed by atoms with Crippen LogP contribution in [0.25, 0.3) is 0 Å². The maximum Gasteiger partial charge on any atom is 0.243 e. The van der Waals surface area contributed by atoms with Gasteiger partial charge in [-0.2, -0.15) is 4.31 Å². The Bertz CT molecular complexity index is 581. The van der Waals surface area contributed by atoms with Crippen LogP contribution in [0, 0.1) is 0 Å². The van der Waals surface area contributed by atoms with Crippen molar-refractivity contribution in [3.05, 3.63) is 23.2 Å². The second-order valence-corrected chi connectivity index (χ2v) is 7.56. The number of rotatable bonds is 3. The van der Waals surface area contributed by atoms with Gasteiger partial charge in [0.25, 0.3) is 0 Å². The van der Waals surface area contributed by atoms with Gasteiger partial charge in [0, 0.05) is 32.2 Å². The van der Waals surface area contributed by atoms with Gasteiger partial charge in [-0.3, -0.25) is 4.90 Å². The molecule has 0 bridgehead atoms. The summed E-state index contributed by atoms with van der Waals surface area (Å²) in [5, 5.41) is 0.369. The van der Waals surface area contributed by atoms with Crippen LogP contribution >= 0.6 is 11.6 Å². The monoisotopic (exact) mass is 317 g/mol. The molecule has 0 aromatic heterocycles. The predicted octanol–water partition coefficient (Wildman–Crippen LogP) is 1.64. The Hall–Kier alpha value is -0.820. The molecule has 0 amide bonds. The molecule has 7 heteroatoms. The van der Waals surface area contributed by atoms with Gasteiger partial charge < -0.3 is 5.73 Å². The van der Waals surface area contributed by atoms with Crippen molar-refractivity contribution in [1.82, 2.24) is 9.21 Å². The number of halogens is 1. The summed E-state index contributed by atoms with van der Waals surface area (Å²) in [6, 6.07) is 4.88. The molecule has 2 rings (SSSR count). The minimum Gasteiger partial charge on any atom is -0.397 e. The second kappa shape index (κ2) is 5.89. The zero-order valence-electron chi connectivity index (χ0n) is 11.7. The van der Waals surface area contributed by atoms with Gasteiger partial charge >= 0.3 is 0 Å². The molecule has 0 saturated carbocycles. The van der Waals surface area contributed by atoms with E-state index in [4.69, 9.17) is 17.3 Å². The van der Waals surface area contributed by atoms with E-state index in [0.29, 0.717) is 24.2 Å². The molecule has 1 aliphatic heterocycles.